The maximum Gasteiger partial charge on any atom is 0.433 e. The fraction of sp³-hybridized carbons (Fsp3) is 0.200. The first-order valence-corrected chi connectivity index (χ1v) is 6.04. The highest BCUT2D eigenvalue weighted by Crippen LogP contribution is 2.32. The fourth-order valence-corrected chi connectivity index (χ4v) is 1.68. The predicted molar refractivity (Wildman–Crippen MR) is 69.9 cm³/mol. The second-order valence-corrected chi connectivity index (χ2v) is 4.53. The van der Waals surface area contributed by atoms with Crippen LogP contribution in [0.15, 0.2) is 30.3 Å². The summed E-state index contributed by atoms with van der Waals surface area (Å²) in [5.74, 6) is 0.0272. The number of hydrogen-bond donors (Lipinski definition) is 0. The van der Waals surface area contributed by atoms with Crippen molar-refractivity contribution in [3.05, 3.63) is 52.7 Å². The van der Waals surface area contributed by atoms with Crippen LogP contribution in [0.2, 0.25) is 0 Å². The molecular weight excluding hydrogens is 281 g/mol. The number of nitriles is 1. The first-order chi connectivity index (χ1) is 9.81. The molecule has 1 aromatic carbocycles. The number of rotatable bonds is 2. The van der Waals surface area contributed by atoms with Gasteiger partial charge in [-0.1, -0.05) is 12.1 Å². The summed E-state index contributed by atoms with van der Waals surface area (Å²) < 4.78 is 43.5. The van der Waals surface area contributed by atoms with Crippen LogP contribution >= 0.6 is 0 Å². The molecule has 0 aliphatic rings. The molecule has 0 aliphatic carbocycles. The Hall–Kier alpha value is -2.55. The quantitative estimate of drug-likeness (QED) is 0.825. The van der Waals surface area contributed by atoms with Crippen molar-refractivity contribution >= 4 is 0 Å². The van der Waals surface area contributed by atoms with Gasteiger partial charge in [0.1, 0.15) is 23.1 Å². The second kappa shape index (κ2) is 5.44. The van der Waals surface area contributed by atoms with Gasteiger partial charge < -0.3 is 4.74 Å². The smallest absolute Gasteiger partial charge is 0.433 e. The minimum Gasteiger partial charge on any atom is -0.437 e. The minimum atomic E-state index is -4.59. The Morgan fingerprint density at radius 3 is 2.48 bits per heavy atom. The average Bonchev–Trinajstić information content (AvgIpc) is 2.42. The molecule has 6 heteroatoms. The van der Waals surface area contributed by atoms with Crippen LogP contribution in [0.1, 0.15) is 22.4 Å². The van der Waals surface area contributed by atoms with Gasteiger partial charge in [0, 0.05) is 0 Å². The molecule has 1 heterocycles. The van der Waals surface area contributed by atoms with Gasteiger partial charge in [0.2, 0.25) is 5.88 Å². The summed E-state index contributed by atoms with van der Waals surface area (Å²) in [6, 6.07) is 8.90. The van der Waals surface area contributed by atoms with Crippen LogP contribution in [0.25, 0.3) is 0 Å². The molecule has 21 heavy (non-hydrogen) atoms. The molecule has 0 bridgehead atoms. The normalized spacial score (nSPS) is 11.0. The Morgan fingerprint density at radius 1 is 1.14 bits per heavy atom. The number of nitrogens with zero attached hydrogens (tertiary/aromatic N) is 2. The van der Waals surface area contributed by atoms with Gasteiger partial charge in [-0.2, -0.15) is 18.4 Å². The predicted octanol–water partition coefficient (Wildman–Crippen LogP) is 4.38. The van der Waals surface area contributed by atoms with Crippen molar-refractivity contribution < 1.29 is 17.9 Å². The third-order valence-corrected chi connectivity index (χ3v) is 2.82. The van der Waals surface area contributed by atoms with Crippen molar-refractivity contribution in [2.24, 2.45) is 0 Å². The fourth-order valence-electron chi connectivity index (χ4n) is 1.68. The largest absolute Gasteiger partial charge is 0.437 e. The van der Waals surface area contributed by atoms with E-state index in [1.54, 1.807) is 25.1 Å². The highest BCUT2D eigenvalue weighted by Gasteiger charge is 2.33. The van der Waals surface area contributed by atoms with E-state index in [0.29, 0.717) is 5.75 Å². The molecule has 0 N–H and O–H groups in total. The highest BCUT2D eigenvalue weighted by molar-refractivity contribution is 5.44. The maximum absolute atomic E-state index is 12.7. The summed E-state index contributed by atoms with van der Waals surface area (Å²) >= 11 is 0. The first kappa shape index (κ1) is 14.9. The molecule has 3 nitrogen and oxygen atoms in total. The summed E-state index contributed by atoms with van der Waals surface area (Å²) in [5, 5.41) is 8.96. The van der Waals surface area contributed by atoms with Gasteiger partial charge in [-0.25, -0.2) is 4.98 Å². The summed E-state index contributed by atoms with van der Waals surface area (Å²) in [6.07, 6.45) is -4.59. The number of aromatic nitrogens is 1. The molecular formula is C15H11F3N2O. The van der Waals surface area contributed by atoms with Crippen LogP contribution in [0, 0.1) is 25.2 Å². The summed E-state index contributed by atoms with van der Waals surface area (Å²) in [4.78, 5) is 3.41. The molecule has 2 aromatic rings. The lowest BCUT2D eigenvalue weighted by molar-refractivity contribution is -0.141. The van der Waals surface area contributed by atoms with Gasteiger partial charge in [0.05, 0.1) is 0 Å². The van der Waals surface area contributed by atoms with E-state index in [-0.39, 0.29) is 11.4 Å². The summed E-state index contributed by atoms with van der Waals surface area (Å²) in [5.41, 5.74) is 0.482. The number of halogens is 3. The van der Waals surface area contributed by atoms with Gasteiger partial charge in [0.25, 0.3) is 0 Å². The second-order valence-electron chi connectivity index (χ2n) is 4.53. The first-order valence-electron chi connectivity index (χ1n) is 6.04. The number of benzene rings is 1. The molecule has 1 aromatic heterocycles. The van der Waals surface area contributed by atoms with E-state index >= 15 is 0 Å². The van der Waals surface area contributed by atoms with Crippen molar-refractivity contribution in [2.75, 3.05) is 0 Å². The average molecular weight is 292 g/mol. The van der Waals surface area contributed by atoms with Gasteiger partial charge in [0.15, 0.2) is 0 Å². The summed E-state index contributed by atoms with van der Waals surface area (Å²) in [6.45, 7) is 3.59. The van der Waals surface area contributed by atoms with Crippen molar-refractivity contribution in [3.8, 4) is 17.7 Å². The molecule has 0 spiro atoms. The Bertz CT molecular complexity index is 718. The van der Waals surface area contributed by atoms with E-state index in [2.05, 4.69) is 4.98 Å². The Kier molecular flexibility index (Phi) is 3.85. The number of ether oxygens (including phenoxy) is 1. The standard InChI is InChI=1S/C15H11F3N2O/c1-9-3-4-10(2)12(7-9)21-14-11(8-19)5-6-13(20-14)15(16,17)18/h3-7H,1-2H3. The molecule has 0 saturated heterocycles. The molecule has 2 rings (SSSR count). The highest BCUT2D eigenvalue weighted by atomic mass is 19.4. The van der Waals surface area contributed by atoms with Gasteiger partial charge in [-0.15, -0.1) is 0 Å². The lowest BCUT2D eigenvalue weighted by Gasteiger charge is -2.12. The molecule has 0 saturated carbocycles. The molecule has 108 valence electrons. The zero-order valence-electron chi connectivity index (χ0n) is 11.3. The number of alkyl halides is 3. The number of pyridine rings is 1. The van der Waals surface area contributed by atoms with Crippen LogP contribution in [-0.4, -0.2) is 4.98 Å². The van der Waals surface area contributed by atoms with E-state index in [9.17, 15) is 13.2 Å². The van der Waals surface area contributed by atoms with Crippen LogP contribution < -0.4 is 4.74 Å². The maximum atomic E-state index is 12.7. The van der Waals surface area contributed by atoms with Crippen LogP contribution in [0.5, 0.6) is 11.6 Å². The molecule has 0 atom stereocenters. The van der Waals surface area contributed by atoms with E-state index in [4.69, 9.17) is 10.00 Å². The van der Waals surface area contributed by atoms with Gasteiger partial charge in [-0.05, 0) is 43.2 Å². The lowest BCUT2D eigenvalue weighted by atomic mass is 10.1. The van der Waals surface area contributed by atoms with E-state index in [1.165, 1.54) is 0 Å². The van der Waals surface area contributed by atoms with Gasteiger partial charge in [-0.3, -0.25) is 0 Å². The summed E-state index contributed by atoms with van der Waals surface area (Å²) in [7, 11) is 0. The van der Waals surface area contributed by atoms with Crippen LogP contribution in [0.4, 0.5) is 13.2 Å². The van der Waals surface area contributed by atoms with Gasteiger partial charge >= 0.3 is 6.18 Å². The molecule has 0 fully saturated rings. The van der Waals surface area contributed by atoms with Crippen molar-refractivity contribution in [1.29, 1.82) is 5.26 Å². The lowest BCUT2D eigenvalue weighted by Crippen LogP contribution is -2.09. The van der Waals surface area contributed by atoms with Crippen molar-refractivity contribution in [1.82, 2.24) is 4.98 Å². The number of aryl methyl sites for hydroxylation is 2. The topological polar surface area (TPSA) is 45.9 Å². The van der Waals surface area contributed by atoms with Crippen molar-refractivity contribution in [3.63, 3.8) is 0 Å². The van der Waals surface area contributed by atoms with E-state index in [0.717, 1.165) is 23.3 Å². The zero-order valence-corrected chi connectivity index (χ0v) is 11.3. The molecule has 0 amide bonds. The molecule has 0 unspecified atom stereocenters. The Balaban J connectivity index is 2.47. The Labute approximate surface area is 119 Å². The van der Waals surface area contributed by atoms with Crippen molar-refractivity contribution in [2.45, 2.75) is 20.0 Å². The Morgan fingerprint density at radius 2 is 1.86 bits per heavy atom. The third-order valence-electron chi connectivity index (χ3n) is 2.82. The SMILES string of the molecule is Cc1ccc(C)c(Oc2nc(C(F)(F)F)ccc2C#N)c1. The van der Waals surface area contributed by atoms with Crippen LogP contribution in [-0.2, 0) is 6.18 Å². The van der Waals surface area contributed by atoms with E-state index < -0.39 is 11.9 Å². The zero-order chi connectivity index (χ0) is 15.6. The molecule has 0 radical (unpaired) electrons. The van der Waals surface area contributed by atoms with E-state index in [1.807, 2.05) is 13.0 Å². The minimum absolute atomic E-state index is 0.0519. The molecule has 0 aliphatic heterocycles. The third kappa shape index (κ3) is 3.31. The monoisotopic (exact) mass is 292 g/mol. The number of hydrogen-bond acceptors (Lipinski definition) is 3. The van der Waals surface area contributed by atoms with Crippen LogP contribution in [0.3, 0.4) is 0 Å².